The minimum absolute atomic E-state index is 0.194. The summed E-state index contributed by atoms with van der Waals surface area (Å²) in [5, 5.41) is 52.8. The summed E-state index contributed by atoms with van der Waals surface area (Å²) in [5.41, 5.74) is 1.05. The van der Waals surface area contributed by atoms with E-state index in [0.29, 0.717) is 58.2 Å². The molecule has 0 heterocycles. The van der Waals surface area contributed by atoms with Crippen LogP contribution in [0, 0.1) is 0 Å². The second kappa shape index (κ2) is 18.6. The monoisotopic (exact) mass is 586 g/mol. The molecule has 4 unspecified atom stereocenters. The van der Waals surface area contributed by atoms with Gasteiger partial charge in [-0.3, -0.25) is 4.79 Å². The molecule has 41 heavy (non-hydrogen) atoms. The van der Waals surface area contributed by atoms with Crippen LogP contribution >= 0.6 is 0 Å². The Morgan fingerprint density at radius 1 is 0.951 bits per heavy atom. The van der Waals surface area contributed by atoms with E-state index in [0.717, 1.165) is 12.5 Å². The number of phenols is 2. The van der Waals surface area contributed by atoms with Crippen LogP contribution in [0.5, 0.6) is 11.5 Å². The van der Waals surface area contributed by atoms with Crippen LogP contribution in [-0.4, -0.2) is 121 Å². The van der Waals surface area contributed by atoms with E-state index >= 15 is 0 Å². The molecule has 1 aliphatic rings. The molecule has 2 rings (SSSR count). The van der Waals surface area contributed by atoms with Gasteiger partial charge >= 0.3 is 5.97 Å². The number of hydroxylamine groups is 1. The number of phenolic OH excluding ortho intramolecular Hbond substituents is 2. The van der Waals surface area contributed by atoms with E-state index < -0.39 is 48.6 Å². The molecule has 1 aromatic carbocycles. The molecule has 14 heteroatoms. The van der Waals surface area contributed by atoms with E-state index in [1.807, 2.05) is 0 Å². The first-order chi connectivity index (χ1) is 19.7. The Hall–Kier alpha value is -2.82. The van der Waals surface area contributed by atoms with Gasteiger partial charge in [0.05, 0.1) is 39.6 Å². The molecule has 1 aromatic rings. The summed E-state index contributed by atoms with van der Waals surface area (Å²) in [6.07, 6.45) is -1.59. The molecule has 0 saturated heterocycles. The first kappa shape index (κ1) is 34.4. The molecule has 0 aromatic heterocycles. The number of aliphatic hydroxyl groups excluding tert-OH is 2. The van der Waals surface area contributed by atoms with E-state index in [1.54, 1.807) is 7.11 Å². The number of ether oxygens (including phenoxy) is 4. The number of carbonyl (C=O) groups is 2. The molecule has 1 aliphatic carbocycles. The third kappa shape index (κ3) is 12.7. The number of carbonyl (C=O) groups excluding carboxylic acids is 2. The number of amides is 1. The van der Waals surface area contributed by atoms with Gasteiger partial charge in [-0.2, -0.15) is 0 Å². The average Bonchev–Trinajstić information content (AvgIpc) is 2.94. The highest BCUT2D eigenvalue weighted by atomic mass is 16.6. The van der Waals surface area contributed by atoms with Gasteiger partial charge in [0.1, 0.15) is 17.8 Å². The van der Waals surface area contributed by atoms with Crippen LogP contribution in [0.15, 0.2) is 24.3 Å². The number of hydrogen-bond donors (Lipinski definition) is 7. The number of benzene rings is 1. The van der Waals surface area contributed by atoms with E-state index in [4.69, 9.17) is 23.8 Å². The van der Waals surface area contributed by atoms with Crippen molar-refractivity contribution in [1.82, 2.24) is 10.8 Å². The molecule has 232 valence electrons. The molecule has 0 aliphatic heterocycles. The maximum absolute atomic E-state index is 12.7. The van der Waals surface area contributed by atoms with Crippen LogP contribution in [-0.2, 0) is 33.4 Å². The molecule has 0 radical (unpaired) electrons. The van der Waals surface area contributed by atoms with Crippen molar-refractivity contribution in [1.29, 1.82) is 0 Å². The van der Waals surface area contributed by atoms with Crippen LogP contribution in [0.2, 0.25) is 0 Å². The van der Waals surface area contributed by atoms with Gasteiger partial charge in [0.2, 0.25) is 0 Å². The van der Waals surface area contributed by atoms with Crippen molar-refractivity contribution < 1.29 is 58.9 Å². The standard InChI is InChI=1S/C27H42N2O12/c1-37-29-9-3-11-39-13-15-40-14-12-38-10-2-8-28-26(35)27(36)17-22(32)25(34)23(18-27)41-24(33)7-5-19-4-6-20(30)21(31)16-19/h4-7,16,22-23,25,29-32,34,36H,2-3,8-15,17-18H2,1H3,(H,28,35)/b7-5+. The first-order valence-electron chi connectivity index (χ1n) is 13.4. The zero-order valence-electron chi connectivity index (χ0n) is 23.2. The molecular formula is C27H42N2O12. The molecule has 1 amide bonds. The highest BCUT2D eigenvalue weighted by molar-refractivity contribution is 5.88. The average molecular weight is 587 g/mol. The fourth-order valence-corrected chi connectivity index (χ4v) is 3.98. The zero-order valence-corrected chi connectivity index (χ0v) is 23.2. The smallest absolute Gasteiger partial charge is 0.331 e. The van der Waals surface area contributed by atoms with Crippen molar-refractivity contribution in [3.8, 4) is 11.5 Å². The Morgan fingerprint density at radius 2 is 1.59 bits per heavy atom. The number of esters is 1. The van der Waals surface area contributed by atoms with E-state index in [1.165, 1.54) is 24.3 Å². The molecule has 0 spiro atoms. The number of aromatic hydroxyl groups is 2. The van der Waals surface area contributed by atoms with Gasteiger partial charge in [-0.15, -0.1) is 0 Å². The van der Waals surface area contributed by atoms with Crippen molar-refractivity contribution in [2.24, 2.45) is 0 Å². The second-order valence-electron chi connectivity index (χ2n) is 9.45. The van der Waals surface area contributed by atoms with Crippen LogP contribution in [0.3, 0.4) is 0 Å². The maximum Gasteiger partial charge on any atom is 0.331 e. The summed E-state index contributed by atoms with van der Waals surface area (Å²) in [7, 11) is 1.56. The fourth-order valence-electron chi connectivity index (χ4n) is 3.98. The van der Waals surface area contributed by atoms with Gasteiger partial charge in [-0.05, 0) is 36.6 Å². The minimum Gasteiger partial charge on any atom is -0.504 e. The molecular weight excluding hydrogens is 544 g/mol. The van der Waals surface area contributed by atoms with Gasteiger partial charge in [0.15, 0.2) is 11.5 Å². The number of aliphatic hydroxyl groups is 3. The predicted octanol–water partition coefficient (Wildman–Crippen LogP) is -0.633. The number of rotatable bonds is 19. The SMILES string of the molecule is CONCCCOCCOCCOCCCNC(=O)C1(O)CC(O)C(O)C(OC(=O)/C=C/c2ccc(O)c(O)c2)C1. The highest BCUT2D eigenvalue weighted by Gasteiger charge is 2.50. The molecule has 7 N–H and O–H groups in total. The summed E-state index contributed by atoms with van der Waals surface area (Å²) in [5.74, 6) is -2.36. The largest absolute Gasteiger partial charge is 0.504 e. The lowest BCUT2D eigenvalue weighted by atomic mass is 9.79. The third-order valence-corrected chi connectivity index (χ3v) is 6.17. The Labute approximate surface area is 238 Å². The quantitative estimate of drug-likeness (QED) is 0.0355. The van der Waals surface area contributed by atoms with Crippen LogP contribution in [0.25, 0.3) is 6.08 Å². The number of hydrogen-bond acceptors (Lipinski definition) is 13. The third-order valence-electron chi connectivity index (χ3n) is 6.17. The lowest BCUT2D eigenvalue weighted by Gasteiger charge is -2.40. The highest BCUT2D eigenvalue weighted by Crippen LogP contribution is 2.31. The van der Waals surface area contributed by atoms with Gasteiger partial charge in [-0.25, -0.2) is 10.3 Å². The number of nitrogens with one attached hydrogen (secondary N) is 2. The van der Waals surface area contributed by atoms with E-state index in [2.05, 4.69) is 10.8 Å². The summed E-state index contributed by atoms with van der Waals surface area (Å²) in [4.78, 5) is 29.7. The van der Waals surface area contributed by atoms with Gasteiger partial charge in [-0.1, -0.05) is 6.07 Å². The fraction of sp³-hybridized carbons (Fsp3) is 0.630. The van der Waals surface area contributed by atoms with Gasteiger partial charge < -0.3 is 54.6 Å². The Morgan fingerprint density at radius 3 is 2.22 bits per heavy atom. The maximum atomic E-state index is 12.7. The predicted molar refractivity (Wildman–Crippen MR) is 145 cm³/mol. The van der Waals surface area contributed by atoms with Crippen molar-refractivity contribution >= 4 is 18.0 Å². The lowest BCUT2D eigenvalue weighted by Crippen LogP contribution is -2.59. The first-order valence-corrected chi connectivity index (χ1v) is 13.4. The van der Waals surface area contributed by atoms with Crippen LogP contribution < -0.4 is 10.8 Å². The lowest BCUT2D eigenvalue weighted by molar-refractivity contribution is -0.187. The topological polar surface area (TPSA) is 205 Å². The minimum atomic E-state index is -2.06. The molecule has 0 bridgehead atoms. The van der Waals surface area contributed by atoms with E-state index in [9.17, 15) is 35.1 Å². The Kier molecular flexibility index (Phi) is 15.6. The van der Waals surface area contributed by atoms with E-state index in [-0.39, 0.29) is 18.0 Å². The molecule has 14 nitrogen and oxygen atoms in total. The zero-order chi connectivity index (χ0) is 30.1. The Bertz CT molecular complexity index is 962. The van der Waals surface area contributed by atoms with Crippen molar-refractivity contribution in [3.63, 3.8) is 0 Å². The van der Waals surface area contributed by atoms with Gasteiger partial charge in [0.25, 0.3) is 5.91 Å². The summed E-state index contributed by atoms with van der Waals surface area (Å²) in [6.45, 7) is 3.55. The van der Waals surface area contributed by atoms with Crippen LogP contribution in [0.1, 0.15) is 31.2 Å². The van der Waals surface area contributed by atoms with Crippen molar-refractivity contribution in [3.05, 3.63) is 29.8 Å². The summed E-state index contributed by atoms with van der Waals surface area (Å²) < 4.78 is 21.4. The summed E-state index contributed by atoms with van der Waals surface area (Å²) >= 11 is 0. The Balaban J connectivity index is 1.64. The van der Waals surface area contributed by atoms with Gasteiger partial charge in [0, 0.05) is 45.2 Å². The van der Waals surface area contributed by atoms with Crippen LogP contribution in [0.4, 0.5) is 0 Å². The normalized spacial score (nSPS) is 22.6. The van der Waals surface area contributed by atoms with Crippen molar-refractivity contribution in [2.75, 3.05) is 59.8 Å². The van der Waals surface area contributed by atoms with Crippen molar-refractivity contribution in [2.45, 2.75) is 49.6 Å². The summed E-state index contributed by atoms with van der Waals surface area (Å²) in [6, 6.07) is 3.91. The molecule has 4 atom stereocenters. The molecule has 1 fully saturated rings. The molecule has 1 saturated carbocycles. The second-order valence-corrected chi connectivity index (χ2v) is 9.45.